The van der Waals surface area contributed by atoms with Crippen LogP contribution in [0.15, 0.2) is 0 Å². The number of esters is 1. The first-order valence-electron chi connectivity index (χ1n) is 5.24. The van der Waals surface area contributed by atoms with E-state index in [0.717, 1.165) is 0 Å². The van der Waals surface area contributed by atoms with E-state index < -0.39 is 48.7 Å². The topological polar surface area (TPSA) is 115 Å². The number of aromatic nitrogens is 1. The van der Waals surface area contributed by atoms with E-state index in [0.29, 0.717) is 0 Å². The summed E-state index contributed by atoms with van der Waals surface area (Å²) in [5.74, 6) is -2.37. The summed E-state index contributed by atoms with van der Waals surface area (Å²) in [7, 11) is 0. The molecule has 1 unspecified atom stereocenters. The molecule has 20 heavy (non-hydrogen) atoms. The lowest BCUT2D eigenvalue weighted by Gasteiger charge is -2.11. The van der Waals surface area contributed by atoms with Crippen molar-refractivity contribution >= 4 is 34.9 Å². The van der Waals surface area contributed by atoms with E-state index in [1.54, 1.807) is 0 Å². The molecule has 4 N–H and O–H groups in total. The van der Waals surface area contributed by atoms with Gasteiger partial charge < -0.3 is 25.4 Å². The van der Waals surface area contributed by atoms with E-state index in [1.165, 1.54) is 0 Å². The van der Waals surface area contributed by atoms with Crippen LogP contribution in [0.25, 0.3) is 0 Å². The zero-order valence-electron chi connectivity index (χ0n) is 9.98. The average Bonchev–Trinajstić information content (AvgIpc) is 2.44. The van der Waals surface area contributed by atoms with E-state index in [2.05, 4.69) is 9.72 Å². The van der Waals surface area contributed by atoms with E-state index in [-0.39, 0.29) is 10.7 Å². The average molecular weight is 329 g/mol. The Hall–Kier alpha value is -1.35. The molecule has 1 aromatic rings. The number of rotatable bonds is 6. The van der Waals surface area contributed by atoms with Gasteiger partial charge in [-0.15, -0.1) is 0 Å². The molecule has 0 aromatic carbocycles. The Balaban J connectivity index is 2.60. The Morgan fingerprint density at radius 3 is 2.70 bits per heavy atom. The van der Waals surface area contributed by atoms with Crippen molar-refractivity contribution in [3.63, 3.8) is 0 Å². The number of carbonyl (C=O) groups excluding carboxylic acids is 1. The number of nitrogens with two attached hydrogens (primary N) is 1. The van der Waals surface area contributed by atoms with Crippen molar-refractivity contribution < 1.29 is 28.9 Å². The zero-order chi connectivity index (χ0) is 15.3. The van der Waals surface area contributed by atoms with Crippen molar-refractivity contribution in [2.24, 2.45) is 0 Å². The third kappa shape index (κ3) is 4.34. The van der Waals surface area contributed by atoms with Crippen molar-refractivity contribution in [2.75, 3.05) is 25.6 Å². The normalized spacial score (nSPS) is 12.1. The van der Waals surface area contributed by atoms with Gasteiger partial charge in [-0.25, -0.2) is 4.79 Å². The third-order valence-electron chi connectivity index (χ3n) is 2.02. The van der Waals surface area contributed by atoms with Crippen molar-refractivity contribution in [1.29, 1.82) is 0 Å². The van der Waals surface area contributed by atoms with Crippen LogP contribution in [-0.2, 0) is 9.53 Å². The van der Waals surface area contributed by atoms with E-state index in [1.807, 2.05) is 0 Å². The number of aliphatic hydroxyl groups excluding tert-OH is 2. The SMILES string of the molecule is Nc1c(Cl)c(F)nc(OCC(=O)OCC(O)CO)c1Cl. The predicted molar refractivity (Wildman–Crippen MR) is 68.2 cm³/mol. The summed E-state index contributed by atoms with van der Waals surface area (Å²) in [6.45, 7) is -1.59. The maximum Gasteiger partial charge on any atom is 0.344 e. The van der Waals surface area contributed by atoms with Crippen LogP contribution >= 0.6 is 23.2 Å². The fraction of sp³-hybridized carbons (Fsp3) is 0.400. The summed E-state index contributed by atoms with van der Waals surface area (Å²) in [5, 5.41) is 16.8. The summed E-state index contributed by atoms with van der Waals surface area (Å²) in [4.78, 5) is 14.5. The molecule has 112 valence electrons. The molecular weight excluding hydrogens is 318 g/mol. The minimum atomic E-state index is -1.19. The summed E-state index contributed by atoms with van der Waals surface area (Å²) in [6.07, 6.45) is -1.19. The molecule has 0 bridgehead atoms. The molecule has 0 aliphatic heterocycles. The Kier molecular flexibility index (Phi) is 6.21. The number of nitrogens with zero attached hydrogens (tertiary/aromatic N) is 1. The lowest BCUT2D eigenvalue weighted by Crippen LogP contribution is -2.24. The van der Waals surface area contributed by atoms with E-state index in [4.69, 9.17) is 43.9 Å². The van der Waals surface area contributed by atoms with E-state index in [9.17, 15) is 9.18 Å². The molecule has 1 atom stereocenters. The van der Waals surface area contributed by atoms with Gasteiger partial charge >= 0.3 is 5.97 Å². The van der Waals surface area contributed by atoms with Crippen molar-refractivity contribution in [2.45, 2.75) is 6.10 Å². The van der Waals surface area contributed by atoms with Crippen LogP contribution in [0.5, 0.6) is 5.88 Å². The second-order valence-electron chi connectivity index (χ2n) is 3.56. The monoisotopic (exact) mass is 328 g/mol. The van der Waals surface area contributed by atoms with Gasteiger partial charge in [0.15, 0.2) is 6.61 Å². The molecule has 0 aliphatic carbocycles. The van der Waals surface area contributed by atoms with Crippen LogP contribution < -0.4 is 10.5 Å². The summed E-state index contributed by atoms with van der Waals surface area (Å²) >= 11 is 11.2. The number of halogens is 3. The Morgan fingerprint density at radius 2 is 2.10 bits per heavy atom. The fourth-order valence-corrected chi connectivity index (χ4v) is 1.39. The van der Waals surface area contributed by atoms with Gasteiger partial charge in [0, 0.05) is 0 Å². The smallest absolute Gasteiger partial charge is 0.344 e. The summed E-state index contributed by atoms with van der Waals surface area (Å²) < 4.78 is 22.6. The number of ether oxygens (including phenoxy) is 2. The number of carbonyl (C=O) groups is 1. The van der Waals surface area contributed by atoms with Crippen molar-refractivity contribution in [3.05, 3.63) is 16.0 Å². The second-order valence-corrected chi connectivity index (χ2v) is 4.31. The highest BCUT2D eigenvalue weighted by Crippen LogP contribution is 2.35. The fourth-order valence-electron chi connectivity index (χ4n) is 1.02. The first-order chi connectivity index (χ1) is 9.36. The molecular formula is C10H11Cl2FN2O5. The van der Waals surface area contributed by atoms with Crippen LogP contribution in [-0.4, -0.2) is 47.1 Å². The van der Waals surface area contributed by atoms with Gasteiger partial charge in [0.1, 0.15) is 22.8 Å². The zero-order valence-corrected chi connectivity index (χ0v) is 11.5. The van der Waals surface area contributed by atoms with Gasteiger partial charge in [0.05, 0.1) is 12.3 Å². The first-order valence-corrected chi connectivity index (χ1v) is 5.99. The van der Waals surface area contributed by atoms with E-state index >= 15 is 0 Å². The lowest BCUT2D eigenvalue weighted by molar-refractivity contribution is -0.149. The molecule has 1 rings (SSSR count). The van der Waals surface area contributed by atoms with Gasteiger partial charge in [-0.3, -0.25) is 0 Å². The molecule has 10 heteroatoms. The molecule has 0 saturated heterocycles. The highest BCUT2D eigenvalue weighted by molar-refractivity contribution is 6.39. The van der Waals surface area contributed by atoms with Crippen LogP contribution in [0.1, 0.15) is 0 Å². The number of aliphatic hydroxyl groups is 2. The Labute approximate surface area is 123 Å². The van der Waals surface area contributed by atoms with Crippen molar-refractivity contribution in [3.8, 4) is 5.88 Å². The Morgan fingerprint density at radius 1 is 1.45 bits per heavy atom. The molecule has 0 aliphatic rings. The molecule has 1 aromatic heterocycles. The van der Waals surface area contributed by atoms with Gasteiger partial charge in [0.25, 0.3) is 0 Å². The molecule has 7 nitrogen and oxygen atoms in total. The van der Waals surface area contributed by atoms with Crippen LogP contribution in [0.3, 0.4) is 0 Å². The predicted octanol–water partition coefficient (Wildman–Crippen LogP) is 0.385. The third-order valence-corrected chi connectivity index (χ3v) is 2.74. The van der Waals surface area contributed by atoms with Crippen LogP contribution in [0, 0.1) is 5.95 Å². The number of hydrogen-bond acceptors (Lipinski definition) is 7. The quantitative estimate of drug-likeness (QED) is 0.511. The lowest BCUT2D eigenvalue weighted by atomic mass is 10.4. The molecule has 0 saturated carbocycles. The molecule has 0 fully saturated rings. The van der Waals surface area contributed by atoms with Crippen molar-refractivity contribution in [1.82, 2.24) is 4.98 Å². The molecule has 0 amide bonds. The van der Waals surface area contributed by atoms with Gasteiger partial charge in [0.2, 0.25) is 11.8 Å². The highest BCUT2D eigenvalue weighted by Gasteiger charge is 2.17. The molecule has 0 spiro atoms. The van der Waals surface area contributed by atoms with Gasteiger partial charge in [-0.05, 0) is 0 Å². The number of hydrogen-bond donors (Lipinski definition) is 3. The number of nitrogen functional groups attached to an aromatic ring is 1. The van der Waals surface area contributed by atoms with Gasteiger partial charge in [-0.1, -0.05) is 23.2 Å². The Bertz CT molecular complexity index is 503. The molecule has 0 radical (unpaired) electrons. The summed E-state index contributed by atoms with van der Waals surface area (Å²) in [6, 6.07) is 0. The minimum absolute atomic E-state index is 0.236. The molecule has 1 heterocycles. The minimum Gasteiger partial charge on any atom is -0.464 e. The standard InChI is InChI=1S/C10H11Cl2FN2O5/c11-6-8(14)7(12)10(15-9(6)13)20-3-5(18)19-2-4(17)1-16/h4,16-17H,1-3H2,(H2,14,15). The first kappa shape index (κ1) is 16.7. The van der Waals surface area contributed by atoms with Gasteiger partial charge in [-0.2, -0.15) is 9.37 Å². The van der Waals surface area contributed by atoms with Crippen LogP contribution in [0.2, 0.25) is 10.0 Å². The number of pyridine rings is 1. The maximum absolute atomic E-state index is 13.2. The second kappa shape index (κ2) is 7.44. The highest BCUT2D eigenvalue weighted by atomic mass is 35.5. The largest absolute Gasteiger partial charge is 0.464 e. The summed E-state index contributed by atoms with van der Waals surface area (Å²) in [5.41, 5.74) is 5.14. The number of anilines is 1. The maximum atomic E-state index is 13.2. The van der Waals surface area contributed by atoms with Crippen LogP contribution in [0.4, 0.5) is 10.1 Å².